The average molecular weight is 395 g/mol. The van der Waals surface area contributed by atoms with Gasteiger partial charge < -0.3 is 5.11 Å². The number of hydrogen-bond acceptors (Lipinski definition) is 4. The quantitative estimate of drug-likeness (QED) is 0.768. The van der Waals surface area contributed by atoms with Crippen LogP contribution in [0.5, 0.6) is 5.75 Å². The first kappa shape index (κ1) is 19.6. The van der Waals surface area contributed by atoms with Crippen molar-refractivity contribution in [1.29, 1.82) is 0 Å². The highest BCUT2D eigenvalue weighted by Crippen LogP contribution is 2.40. The zero-order valence-electron chi connectivity index (χ0n) is 16.8. The Kier molecular flexibility index (Phi) is 6.10. The number of benzene rings is 2. The van der Waals surface area contributed by atoms with Gasteiger partial charge in [0.25, 0.3) is 0 Å². The van der Waals surface area contributed by atoms with E-state index in [2.05, 4.69) is 65.5 Å². The van der Waals surface area contributed by atoms with Gasteiger partial charge in [-0.3, -0.25) is 9.80 Å². The van der Waals surface area contributed by atoms with Gasteiger partial charge in [0.2, 0.25) is 0 Å². The minimum atomic E-state index is 0.262. The Bertz CT molecular complexity index is 822. The lowest BCUT2D eigenvalue weighted by Gasteiger charge is -2.48. The van der Waals surface area contributed by atoms with E-state index in [1.54, 1.807) is 6.07 Å². The third-order valence-corrected chi connectivity index (χ3v) is 6.91. The molecule has 1 saturated heterocycles. The predicted molar refractivity (Wildman–Crippen MR) is 118 cm³/mol. The minimum absolute atomic E-state index is 0.262. The number of aromatic hydroxyl groups is 1. The van der Waals surface area contributed by atoms with Crippen LogP contribution in [-0.2, 0) is 6.54 Å². The van der Waals surface area contributed by atoms with E-state index in [0.717, 1.165) is 26.1 Å². The van der Waals surface area contributed by atoms with Gasteiger partial charge in [-0.05, 0) is 54.5 Å². The molecule has 3 atom stereocenters. The van der Waals surface area contributed by atoms with E-state index in [4.69, 9.17) is 0 Å². The van der Waals surface area contributed by atoms with E-state index < -0.39 is 0 Å². The van der Waals surface area contributed by atoms with Crippen LogP contribution in [0.2, 0.25) is 0 Å². The number of thioether (sulfide) groups is 1. The summed E-state index contributed by atoms with van der Waals surface area (Å²) in [5, 5.41) is 12.4. The van der Waals surface area contributed by atoms with Gasteiger partial charge in [-0.1, -0.05) is 42.5 Å². The molecule has 0 saturated carbocycles. The van der Waals surface area contributed by atoms with E-state index in [-0.39, 0.29) is 6.04 Å². The lowest BCUT2D eigenvalue weighted by atomic mass is 9.92. The van der Waals surface area contributed by atoms with E-state index in [0.29, 0.717) is 17.8 Å². The second-order valence-electron chi connectivity index (χ2n) is 8.12. The Morgan fingerprint density at radius 2 is 1.86 bits per heavy atom. The molecule has 1 fully saturated rings. The molecule has 0 spiro atoms. The molecule has 148 valence electrons. The molecule has 0 radical (unpaired) electrons. The van der Waals surface area contributed by atoms with Crippen LogP contribution in [0, 0.1) is 0 Å². The second kappa shape index (κ2) is 8.73. The minimum Gasteiger partial charge on any atom is -0.508 e. The van der Waals surface area contributed by atoms with Crippen LogP contribution in [-0.4, -0.2) is 45.8 Å². The van der Waals surface area contributed by atoms with Crippen molar-refractivity contribution in [3.05, 3.63) is 76.7 Å². The van der Waals surface area contributed by atoms with Crippen LogP contribution in [0.3, 0.4) is 0 Å². The van der Waals surface area contributed by atoms with Crippen molar-refractivity contribution in [3.8, 4) is 5.75 Å². The summed E-state index contributed by atoms with van der Waals surface area (Å²) < 4.78 is 0. The molecule has 0 amide bonds. The van der Waals surface area contributed by atoms with Crippen molar-refractivity contribution < 1.29 is 5.11 Å². The Labute approximate surface area is 173 Å². The zero-order valence-corrected chi connectivity index (χ0v) is 17.6. The second-order valence-corrected chi connectivity index (χ2v) is 9.10. The average Bonchev–Trinajstić information content (AvgIpc) is 3.21. The van der Waals surface area contributed by atoms with Gasteiger partial charge in [0, 0.05) is 37.5 Å². The number of hydrogen-bond donors (Lipinski definition) is 1. The van der Waals surface area contributed by atoms with E-state index >= 15 is 0 Å². The summed E-state index contributed by atoms with van der Waals surface area (Å²) in [5.41, 5.74) is 4.09. The predicted octanol–water partition coefficient (Wildman–Crippen LogP) is 5.05. The number of nitrogens with zero attached hydrogens (tertiary/aromatic N) is 2. The first-order chi connectivity index (χ1) is 13.6. The largest absolute Gasteiger partial charge is 0.508 e. The fraction of sp³-hybridized carbons (Fsp3) is 0.417. The summed E-state index contributed by atoms with van der Waals surface area (Å²) in [6.45, 7) is 7.80. The van der Waals surface area contributed by atoms with Crippen molar-refractivity contribution in [2.75, 3.05) is 18.8 Å². The molecule has 0 bridgehead atoms. The van der Waals surface area contributed by atoms with Gasteiger partial charge in [-0.2, -0.15) is 0 Å². The van der Waals surface area contributed by atoms with E-state index in [1.807, 2.05) is 23.9 Å². The van der Waals surface area contributed by atoms with Crippen molar-refractivity contribution in [1.82, 2.24) is 9.80 Å². The highest BCUT2D eigenvalue weighted by molar-refractivity contribution is 8.02. The Hall–Kier alpha value is -1.75. The maximum absolute atomic E-state index is 10.1. The van der Waals surface area contributed by atoms with Gasteiger partial charge in [-0.15, -0.1) is 11.8 Å². The first-order valence-electron chi connectivity index (χ1n) is 10.2. The molecular formula is C24H30N2OS. The summed E-state index contributed by atoms with van der Waals surface area (Å²) in [4.78, 5) is 5.26. The maximum Gasteiger partial charge on any atom is 0.115 e. The molecule has 1 N–H and O–H groups in total. The fourth-order valence-corrected chi connectivity index (χ4v) is 5.47. The third-order valence-electron chi connectivity index (χ3n) is 6.00. The highest BCUT2D eigenvalue weighted by atomic mass is 32.2. The topological polar surface area (TPSA) is 26.7 Å². The van der Waals surface area contributed by atoms with E-state index in [1.165, 1.54) is 22.5 Å². The summed E-state index contributed by atoms with van der Waals surface area (Å²) in [7, 11) is 0. The number of phenols is 1. The number of phenolic OH excluding ortho intramolecular Hbond substituents is 1. The van der Waals surface area contributed by atoms with Gasteiger partial charge in [0.15, 0.2) is 0 Å². The SMILES string of the molecule is C[C@@H]1CN([C@@H](C2=CSCC2)c2cccc(O)c2)[C@@H](C)CN1Cc1ccccc1. The molecule has 0 unspecified atom stereocenters. The molecule has 4 heteroatoms. The van der Waals surface area contributed by atoms with Gasteiger partial charge in [0.05, 0.1) is 6.04 Å². The Balaban J connectivity index is 1.56. The molecule has 2 aliphatic rings. The van der Waals surface area contributed by atoms with Crippen LogP contribution in [0.25, 0.3) is 0 Å². The van der Waals surface area contributed by atoms with Crippen molar-refractivity contribution in [3.63, 3.8) is 0 Å². The van der Waals surface area contributed by atoms with Crippen molar-refractivity contribution >= 4 is 11.8 Å². The Morgan fingerprint density at radius 1 is 1.04 bits per heavy atom. The van der Waals surface area contributed by atoms with E-state index in [9.17, 15) is 5.11 Å². The molecule has 3 nitrogen and oxygen atoms in total. The molecule has 4 rings (SSSR count). The third kappa shape index (κ3) is 4.29. The molecular weight excluding hydrogens is 364 g/mol. The molecule has 0 aliphatic carbocycles. The summed E-state index contributed by atoms with van der Waals surface area (Å²) in [6.07, 6.45) is 1.14. The number of piperazine rings is 1. The first-order valence-corrected chi connectivity index (χ1v) is 11.3. The number of rotatable bonds is 5. The normalized spacial score (nSPS) is 24.9. The maximum atomic E-state index is 10.1. The van der Waals surface area contributed by atoms with Crippen molar-refractivity contribution in [2.24, 2.45) is 0 Å². The fourth-order valence-electron chi connectivity index (χ4n) is 4.54. The van der Waals surface area contributed by atoms with Crippen molar-refractivity contribution in [2.45, 2.75) is 44.9 Å². The van der Waals surface area contributed by atoms with Crippen LogP contribution >= 0.6 is 11.8 Å². The van der Waals surface area contributed by atoms with Gasteiger partial charge in [0.1, 0.15) is 5.75 Å². The van der Waals surface area contributed by atoms with Gasteiger partial charge >= 0.3 is 0 Å². The monoisotopic (exact) mass is 394 g/mol. The summed E-state index contributed by atoms with van der Waals surface area (Å²) in [6, 6.07) is 19.8. The molecule has 2 aromatic rings. The highest BCUT2D eigenvalue weighted by Gasteiger charge is 2.36. The molecule has 0 aromatic heterocycles. The van der Waals surface area contributed by atoms with Crippen LogP contribution in [0.1, 0.15) is 37.4 Å². The standard InChI is InChI=1S/C24H30N2OS/c1-18-15-26(19(2)14-25(18)16-20-7-4-3-5-8-20)24(22-11-12-28-17-22)21-9-6-10-23(27)13-21/h3-10,13,17-19,24,27H,11-12,14-16H2,1-2H3/t18-,19+,24-/m1/s1. The van der Waals surface area contributed by atoms with Crippen LogP contribution in [0.4, 0.5) is 0 Å². The molecule has 2 heterocycles. The molecule has 2 aromatic carbocycles. The zero-order chi connectivity index (χ0) is 19.5. The Morgan fingerprint density at radius 3 is 2.57 bits per heavy atom. The van der Waals surface area contributed by atoms with Crippen LogP contribution in [0.15, 0.2) is 65.6 Å². The lowest BCUT2D eigenvalue weighted by molar-refractivity contribution is 0.0181. The van der Waals surface area contributed by atoms with Crippen LogP contribution < -0.4 is 0 Å². The smallest absolute Gasteiger partial charge is 0.115 e. The lowest BCUT2D eigenvalue weighted by Crippen LogP contribution is -2.56. The molecule has 28 heavy (non-hydrogen) atoms. The summed E-state index contributed by atoms with van der Waals surface area (Å²) >= 11 is 1.92. The van der Waals surface area contributed by atoms with Gasteiger partial charge in [-0.25, -0.2) is 0 Å². The molecule has 2 aliphatic heterocycles. The summed E-state index contributed by atoms with van der Waals surface area (Å²) in [5.74, 6) is 1.53.